The van der Waals surface area contributed by atoms with Gasteiger partial charge in [-0.1, -0.05) is 36.4 Å². The molecule has 3 aromatic carbocycles. The van der Waals surface area contributed by atoms with Gasteiger partial charge in [0.15, 0.2) is 5.58 Å². The number of hydrogen-bond donors (Lipinski definition) is 1. The van der Waals surface area contributed by atoms with Crippen molar-refractivity contribution in [2.24, 2.45) is 0 Å². The van der Waals surface area contributed by atoms with Gasteiger partial charge in [-0.15, -0.1) is 11.3 Å². The molecule has 0 unspecified atom stereocenters. The summed E-state index contributed by atoms with van der Waals surface area (Å²) in [5.41, 5.74) is 5.14. The highest BCUT2D eigenvalue weighted by molar-refractivity contribution is 7.21. The van der Waals surface area contributed by atoms with Crippen LogP contribution in [0.2, 0.25) is 0 Å². The number of nitrogens with one attached hydrogen (secondary N) is 1. The molecule has 0 saturated heterocycles. The van der Waals surface area contributed by atoms with E-state index in [9.17, 15) is 4.79 Å². The molecule has 142 valence electrons. The van der Waals surface area contributed by atoms with E-state index in [-0.39, 0.29) is 5.91 Å². The van der Waals surface area contributed by atoms with E-state index >= 15 is 0 Å². The first-order chi connectivity index (χ1) is 14.1. The zero-order valence-electron chi connectivity index (χ0n) is 16.0. The molecule has 2 heterocycles. The van der Waals surface area contributed by atoms with E-state index in [4.69, 9.17) is 4.42 Å². The number of rotatable bonds is 3. The third-order valence-corrected chi connectivity index (χ3v) is 6.35. The number of para-hydroxylation sites is 2. The maximum Gasteiger partial charge on any atom is 0.266 e. The quantitative estimate of drug-likeness (QED) is 0.373. The molecule has 2 aromatic heterocycles. The number of aryl methyl sites for hydroxylation is 2. The molecule has 4 nitrogen and oxygen atoms in total. The van der Waals surface area contributed by atoms with Crippen molar-refractivity contribution in [1.29, 1.82) is 0 Å². The van der Waals surface area contributed by atoms with Gasteiger partial charge >= 0.3 is 0 Å². The number of benzene rings is 3. The smallest absolute Gasteiger partial charge is 0.266 e. The average Bonchev–Trinajstić information content (AvgIpc) is 3.31. The Kier molecular flexibility index (Phi) is 4.18. The van der Waals surface area contributed by atoms with Crippen molar-refractivity contribution in [3.8, 4) is 11.5 Å². The van der Waals surface area contributed by atoms with Crippen LogP contribution in [0.5, 0.6) is 0 Å². The predicted octanol–water partition coefficient (Wildman–Crippen LogP) is 6.58. The van der Waals surface area contributed by atoms with E-state index in [2.05, 4.69) is 16.4 Å². The molecule has 5 heteroatoms. The van der Waals surface area contributed by atoms with Crippen molar-refractivity contribution < 1.29 is 9.21 Å². The number of aromatic nitrogens is 1. The SMILES string of the molecule is Cc1ccc(-c2nc3ccccc3o2)cc1NC(=O)c1sc2ccccc2c1C. The maximum absolute atomic E-state index is 13.0. The van der Waals surface area contributed by atoms with Crippen molar-refractivity contribution in [3.05, 3.63) is 82.7 Å². The van der Waals surface area contributed by atoms with Crippen LogP contribution in [0.3, 0.4) is 0 Å². The van der Waals surface area contributed by atoms with Gasteiger partial charge in [-0.2, -0.15) is 0 Å². The van der Waals surface area contributed by atoms with E-state index in [1.807, 2.05) is 74.5 Å². The molecule has 29 heavy (non-hydrogen) atoms. The number of amides is 1. The molecule has 0 atom stereocenters. The van der Waals surface area contributed by atoms with E-state index in [0.717, 1.165) is 48.4 Å². The first kappa shape index (κ1) is 17.6. The molecular formula is C24H18N2O2S. The van der Waals surface area contributed by atoms with Crippen LogP contribution in [0.15, 0.2) is 71.1 Å². The molecule has 5 aromatic rings. The summed E-state index contributed by atoms with van der Waals surface area (Å²) in [7, 11) is 0. The minimum absolute atomic E-state index is 0.0958. The summed E-state index contributed by atoms with van der Waals surface area (Å²) in [5.74, 6) is 0.446. The predicted molar refractivity (Wildman–Crippen MR) is 119 cm³/mol. The normalized spacial score (nSPS) is 11.2. The summed E-state index contributed by atoms with van der Waals surface area (Å²) in [6.07, 6.45) is 0. The van der Waals surface area contributed by atoms with Crippen molar-refractivity contribution in [1.82, 2.24) is 4.98 Å². The highest BCUT2D eigenvalue weighted by Crippen LogP contribution is 2.32. The summed E-state index contributed by atoms with van der Waals surface area (Å²) in [5, 5.41) is 4.20. The highest BCUT2D eigenvalue weighted by atomic mass is 32.1. The standard InChI is InChI=1S/C24H18N2O2S/c1-14-11-12-16(24-26-18-8-4-5-9-20(18)28-24)13-19(14)25-23(27)22-15(2)17-7-3-6-10-21(17)29-22/h3-13H,1-2H3,(H,25,27). The molecule has 0 bridgehead atoms. The van der Waals surface area contributed by atoms with Crippen LogP contribution < -0.4 is 5.32 Å². The number of hydrogen-bond acceptors (Lipinski definition) is 4. The Bertz CT molecular complexity index is 1350. The summed E-state index contributed by atoms with van der Waals surface area (Å²) < 4.78 is 6.99. The number of thiophene rings is 1. The molecule has 0 aliphatic rings. The van der Waals surface area contributed by atoms with Crippen LogP contribution in [-0.4, -0.2) is 10.9 Å². The lowest BCUT2D eigenvalue weighted by molar-refractivity contribution is 0.103. The lowest BCUT2D eigenvalue weighted by atomic mass is 10.1. The molecule has 1 N–H and O–H groups in total. The van der Waals surface area contributed by atoms with Crippen molar-refractivity contribution in [3.63, 3.8) is 0 Å². The number of anilines is 1. The fourth-order valence-electron chi connectivity index (χ4n) is 3.46. The lowest BCUT2D eigenvalue weighted by Gasteiger charge is -2.09. The Balaban J connectivity index is 1.50. The monoisotopic (exact) mass is 398 g/mol. The van der Waals surface area contributed by atoms with Gasteiger partial charge in [0.05, 0.1) is 4.88 Å². The second kappa shape index (κ2) is 6.87. The van der Waals surface area contributed by atoms with Crippen LogP contribution in [0.1, 0.15) is 20.8 Å². The number of carbonyl (C=O) groups is 1. The van der Waals surface area contributed by atoms with Crippen LogP contribution >= 0.6 is 11.3 Å². The van der Waals surface area contributed by atoms with Gasteiger partial charge in [0.2, 0.25) is 5.89 Å². The van der Waals surface area contributed by atoms with Crippen LogP contribution in [0.25, 0.3) is 32.6 Å². The largest absolute Gasteiger partial charge is 0.436 e. The summed E-state index contributed by atoms with van der Waals surface area (Å²) in [6.45, 7) is 3.97. The van der Waals surface area contributed by atoms with E-state index in [1.54, 1.807) is 0 Å². The van der Waals surface area contributed by atoms with Crippen molar-refractivity contribution in [2.75, 3.05) is 5.32 Å². The average molecular weight is 398 g/mol. The van der Waals surface area contributed by atoms with Gasteiger partial charge in [0.25, 0.3) is 5.91 Å². The minimum atomic E-state index is -0.0958. The second-order valence-corrected chi connectivity index (χ2v) is 8.08. The first-order valence-corrected chi connectivity index (χ1v) is 10.2. The summed E-state index contributed by atoms with van der Waals surface area (Å²) >= 11 is 1.52. The molecule has 0 spiro atoms. The van der Waals surface area contributed by atoms with Gasteiger partial charge in [-0.05, 0) is 60.7 Å². The van der Waals surface area contributed by atoms with E-state index in [1.165, 1.54) is 11.3 Å². The zero-order chi connectivity index (χ0) is 20.0. The minimum Gasteiger partial charge on any atom is -0.436 e. The van der Waals surface area contributed by atoms with Gasteiger partial charge in [0, 0.05) is 16.0 Å². The highest BCUT2D eigenvalue weighted by Gasteiger charge is 2.17. The number of nitrogens with zero attached hydrogens (tertiary/aromatic N) is 1. The zero-order valence-corrected chi connectivity index (χ0v) is 16.8. The first-order valence-electron chi connectivity index (χ1n) is 9.36. The molecule has 0 fully saturated rings. The van der Waals surface area contributed by atoms with Gasteiger partial charge in [0.1, 0.15) is 5.52 Å². The lowest BCUT2D eigenvalue weighted by Crippen LogP contribution is -2.12. The van der Waals surface area contributed by atoms with Gasteiger partial charge in [-0.25, -0.2) is 4.98 Å². The Hall–Kier alpha value is -3.44. The number of carbonyl (C=O) groups excluding carboxylic acids is 1. The van der Waals surface area contributed by atoms with Crippen molar-refractivity contribution >= 4 is 44.1 Å². The number of fused-ring (bicyclic) bond motifs is 2. The third kappa shape index (κ3) is 3.09. The fourth-order valence-corrected chi connectivity index (χ4v) is 4.56. The summed E-state index contributed by atoms with van der Waals surface area (Å²) in [6, 6.07) is 21.6. The molecule has 0 radical (unpaired) electrons. The molecule has 0 saturated carbocycles. The Morgan fingerprint density at radius 2 is 1.79 bits per heavy atom. The third-order valence-electron chi connectivity index (χ3n) is 5.08. The number of oxazole rings is 1. The Morgan fingerprint density at radius 1 is 1.00 bits per heavy atom. The van der Waals surface area contributed by atoms with E-state index in [0.29, 0.717) is 5.89 Å². The Morgan fingerprint density at radius 3 is 2.62 bits per heavy atom. The second-order valence-electron chi connectivity index (χ2n) is 7.02. The molecule has 5 rings (SSSR count). The van der Waals surface area contributed by atoms with Gasteiger partial charge < -0.3 is 9.73 Å². The molecule has 0 aliphatic heterocycles. The van der Waals surface area contributed by atoms with Crippen LogP contribution in [0, 0.1) is 13.8 Å². The van der Waals surface area contributed by atoms with Crippen LogP contribution in [-0.2, 0) is 0 Å². The topological polar surface area (TPSA) is 55.1 Å². The molecule has 1 amide bonds. The Labute approximate surface area is 171 Å². The molecular weight excluding hydrogens is 380 g/mol. The van der Waals surface area contributed by atoms with E-state index < -0.39 is 0 Å². The maximum atomic E-state index is 13.0. The fraction of sp³-hybridized carbons (Fsp3) is 0.0833. The van der Waals surface area contributed by atoms with Crippen LogP contribution in [0.4, 0.5) is 5.69 Å². The van der Waals surface area contributed by atoms with Gasteiger partial charge in [-0.3, -0.25) is 4.79 Å². The van der Waals surface area contributed by atoms with Crippen molar-refractivity contribution in [2.45, 2.75) is 13.8 Å². The molecule has 0 aliphatic carbocycles. The summed E-state index contributed by atoms with van der Waals surface area (Å²) in [4.78, 5) is 18.3.